The predicted octanol–water partition coefficient (Wildman–Crippen LogP) is 2.71. The second-order valence-corrected chi connectivity index (χ2v) is 6.96. The summed E-state index contributed by atoms with van der Waals surface area (Å²) in [5.74, 6) is 2.60. The third-order valence-corrected chi connectivity index (χ3v) is 5.43. The molecule has 2 fully saturated rings. The number of hydrogen-bond donors (Lipinski definition) is 1. The Bertz CT molecular complexity index is 499. The van der Waals surface area contributed by atoms with Crippen molar-refractivity contribution in [2.45, 2.75) is 44.9 Å². The van der Waals surface area contributed by atoms with E-state index in [1.807, 2.05) is 18.7 Å². The molecule has 1 amide bonds. The standard InChI is InChI=1S/C16H22N2OS/c1-11-5-3-4-6-14(11)15-17-12(2)16(19)18(15)13-7-9-20-10-8-13/h3-6,12-13,15,17H,7-10H2,1-2H3. The summed E-state index contributed by atoms with van der Waals surface area (Å²) in [4.78, 5) is 14.7. The van der Waals surface area contributed by atoms with Crippen LogP contribution in [0.4, 0.5) is 0 Å². The summed E-state index contributed by atoms with van der Waals surface area (Å²) in [6.07, 6.45) is 2.28. The van der Waals surface area contributed by atoms with Crippen LogP contribution < -0.4 is 5.32 Å². The summed E-state index contributed by atoms with van der Waals surface area (Å²) in [6.45, 7) is 4.10. The van der Waals surface area contributed by atoms with Gasteiger partial charge in [0.1, 0.15) is 6.17 Å². The van der Waals surface area contributed by atoms with Gasteiger partial charge in [-0.3, -0.25) is 10.1 Å². The number of nitrogens with zero attached hydrogens (tertiary/aromatic N) is 1. The molecule has 0 radical (unpaired) electrons. The molecule has 0 saturated carbocycles. The molecule has 2 aliphatic heterocycles. The van der Waals surface area contributed by atoms with Gasteiger partial charge in [-0.25, -0.2) is 0 Å². The first-order valence-electron chi connectivity index (χ1n) is 7.40. The Morgan fingerprint density at radius 3 is 2.65 bits per heavy atom. The number of hydrogen-bond acceptors (Lipinski definition) is 3. The number of thioether (sulfide) groups is 1. The fourth-order valence-electron chi connectivity index (χ4n) is 3.23. The Morgan fingerprint density at radius 1 is 1.25 bits per heavy atom. The Morgan fingerprint density at radius 2 is 1.95 bits per heavy atom. The molecule has 2 aliphatic rings. The highest BCUT2D eigenvalue weighted by Crippen LogP contribution is 2.33. The third kappa shape index (κ3) is 2.47. The molecule has 0 spiro atoms. The van der Waals surface area contributed by atoms with E-state index >= 15 is 0 Å². The van der Waals surface area contributed by atoms with E-state index in [2.05, 4.69) is 41.4 Å². The molecule has 4 heteroatoms. The van der Waals surface area contributed by atoms with Gasteiger partial charge in [0.25, 0.3) is 0 Å². The molecule has 1 aromatic carbocycles. The van der Waals surface area contributed by atoms with E-state index in [1.165, 1.54) is 22.6 Å². The molecule has 20 heavy (non-hydrogen) atoms. The van der Waals surface area contributed by atoms with E-state index in [0.717, 1.165) is 12.8 Å². The highest BCUT2D eigenvalue weighted by atomic mass is 32.2. The Hall–Kier alpha value is -1.00. The van der Waals surface area contributed by atoms with Gasteiger partial charge >= 0.3 is 0 Å². The number of carbonyl (C=O) groups is 1. The SMILES string of the molecule is Cc1ccccc1C1NC(C)C(=O)N1C1CCSCC1. The molecule has 3 nitrogen and oxygen atoms in total. The summed E-state index contributed by atoms with van der Waals surface area (Å²) >= 11 is 2.00. The zero-order valence-corrected chi connectivity index (χ0v) is 13.0. The van der Waals surface area contributed by atoms with Crippen LogP contribution in [0.25, 0.3) is 0 Å². The summed E-state index contributed by atoms with van der Waals surface area (Å²) < 4.78 is 0. The molecule has 0 bridgehead atoms. The van der Waals surface area contributed by atoms with Crippen LogP contribution in [-0.2, 0) is 4.79 Å². The number of rotatable bonds is 2. The van der Waals surface area contributed by atoms with Crippen molar-refractivity contribution in [3.8, 4) is 0 Å². The first-order chi connectivity index (χ1) is 9.68. The highest BCUT2D eigenvalue weighted by molar-refractivity contribution is 7.99. The van der Waals surface area contributed by atoms with E-state index in [1.54, 1.807) is 0 Å². The molecule has 2 atom stereocenters. The van der Waals surface area contributed by atoms with Gasteiger partial charge in [0.2, 0.25) is 5.91 Å². The van der Waals surface area contributed by atoms with Crippen LogP contribution in [-0.4, -0.2) is 34.4 Å². The number of benzene rings is 1. The van der Waals surface area contributed by atoms with Crippen LogP contribution in [0.15, 0.2) is 24.3 Å². The Balaban J connectivity index is 1.91. The van der Waals surface area contributed by atoms with Gasteiger partial charge in [0.05, 0.1) is 6.04 Å². The second kappa shape index (κ2) is 5.78. The predicted molar refractivity (Wildman–Crippen MR) is 83.7 cm³/mol. The molecule has 0 aliphatic carbocycles. The molecule has 2 unspecified atom stereocenters. The quantitative estimate of drug-likeness (QED) is 0.909. The maximum Gasteiger partial charge on any atom is 0.241 e. The lowest BCUT2D eigenvalue weighted by Gasteiger charge is -2.35. The van der Waals surface area contributed by atoms with Gasteiger partial charge in [0, 0.05) is 6.04 Å². The van der Waals surface area contributed by atoms with Crippen molar-refractivity contribution < 1.29 is 4.79 Å². The zero-order valence-electron chi connectivity index (χ0n) is 12.1. The molecule has 1 N–H and O–H groups in total. The van der Waals surface area contributed by atoms with Crippen molar-refractivity contribution in [1.82, 2.24) is 10.2 Å². The number of nitrogens with one attached hydrogen (secondary N) is 1. The molecule has 2 saturated heterocycles. The van der Waals surface area contributed by atoms with Crippen molar-refractivity contribution in [2.75, 3.05) is 11.5 Å². The van der Waals surface area contributed by atoms with E-state index in [-0.39, 0.29) is 18.1 Å². The molecule has 2 heterocycles. The van der Waals surface area contributed by atoms with Gasteiger partial charge in [-0.05, 0) is 49.3 Å². The van der Waals surface area contributed by atoms with Gasteiger partial charge in [-0.1, -0.05) is 24.3 Å². The number of carbonyl (C=O) groups excluding carboxylic acids is 1. The van der Waals surface area contributed by atoms with E-state index in [4.69, 9.17) is 0 Å². The third-order valence-electron chi connectivity index (χ3n) is 4.38. The van der Waals surface area contributed by atoms with E-state index in [0.29, 0.717) is 6.04 Å². The van der Waals surface area contributed by atoms with Crippen LogP contribution in [0.3, 0.4) is 0 Å². The molecular formula is C16H22N2OS. The zero-order chi connectivity index (χ0) is 14.1. The minimum atomic E-state index is -0.0748. The van der Waals surface area contributed by atoms with Gasteiger partial charge in [-0.15, -0.1) is 0 Å². The van der Waals surface area contributed by atoms with E-state index < -0.39 is 0 Å². The Kier molecular flexibility index (Phi) is 4.03. The largest absolute Gasteiger partial charge is 0.319 e. The first-order valence-corrected chi connectivity index (χ1v) is 8.55. The number of aryl methyl sites for hydroxylation is 1. The van der Waals surface area contributed by atoms with Gasteiger partial charge in [0.15, 0.2) is 0 Å². The summed E-state index contributed by atoms with van der Waals surface area (Å²) in [5, 5.41) is 3.48. The van der Waals surface area contributed by atoms with Crippen molar-refractivity contribution in [3.05, 3.63) is 35.4 Å². The average molecular weight is 290 g/mol. The van der Waals surface area contributed by atoms with Crippen LogP contribution >= 0.6 is 11.8 Å². The molecule has 1 aromatic rings. The Labute approximate surface area is 125 Å². The maximum atomic E-state index is 12.6. The molecule has 108 valence electrons. The summed E-state index contributed by atoms with van der Waals surface area (Å²) in [6, 6.07) is 8.70. The smallest absolute Gasteiger partial charge is 0.241 e. The van der Waals surface area contributed by atoms with Crippen LogP contribution in [0, 0.1) is 6.92 Å². The summed E-state index contributed by atoms with van der Waals surface area (Å²) in [7, 11) is 0. The topological polar surface area (TPSA) is 32.3 Å². The minimum Gasteiger partial charge on any atom is -0.319 e. The lowest BCUT2D eigenvalue weighted by Crippen LogP contribution is -2.42. The van der Waals surface area contributed by atoms with Crippen molar-refractivity contribution in [1.29, 1.82) is 0 Å². The van der Waals surface area contributed by atoms with Crippen molar-refractivity contribution in [3.63, 3.8) is 0 Å². The average Bonchev–Trinajstić information content (AvgIpc) is 2.76. The van der Waals surface area contributed by atoms with Gasteiger partial charge in [-0.2, -0.15) is 11.8 Å². The first kappa shape index (κ1) is 14.0. The second-order valence-electron chi connectivity index (χ2n) is 5.74. The lowest BCUT2D eigenvalue weighted by atomic mass is 10.0. The van der Waals surface area contributed by atoms with Crippen LogP contribution in [0.1, 0.15) is 37.1 Å². The van der Waals surface area contributed by atoms with Gasteiger partial charge < -0.3 is 4.90 Å². The maximum absolute atomic E-state index is 12.6. The lowest BCUT2D eigenvalue weighted by molar-refractivity contribution is -0.132. The molecular weight excluding hydrogens is 268 g/mol. The van der Waals surface area contributed by atoms with Crippen LogP contribution in [0.2, 0.25) is 0 Å². The summed E-state index contributed by atoms with van der Waals surface area (Å²) in [5.41, 5.74) is 2.49. The monoisotopic (exact) mass is 290 g/mol. The molecule has 3 rings (SSSR count). The fourth-order valence-corrected chi connectivity index (χ4v) is 4.31. The molecule has 0 aromatic heterocycles. The van der Waals surface area contributed by atoms with Crippen molar-refractivity contribution >= 4 is 17.7 Å². The minimum absolute atomic E-state index is 0.0480. The van der Waals surface area contributed by atoms with Crippen LogP contribution in [0.5, 0.6) is 0 Å². The van der Waals surface area contributed by atoms with E-state index in [9.17, 15) is 4.79 Å². The van der Waals surface area contributed by atoms with Crippen molar-refractivity contribution in [2.24, 2.45) is 0 Å². The normalized spacial score (nSPS) is 28.1. The fraction of sp³-hybridized carbons (Fsp3) is 0.562. The number of amides is 1. The highest BCUT2D eigenvalue weighted by Gasteiger charge is 2.41.